The summed E-state index contributed by atoms with van der Waals surface area (Å²) in [5.41, 5.74) is 0.505. The molecular formula is C16H10FNO3. The highest BCUT2D eigenvalue weighted by Crippen LogP contribution is 2.31. The van der Waals surface area contributed by atoms with Gasteiger partial charge in [0.2, 0.25) is 0 Å². The third kappa shape index (κ3) is 2.53. The average Bonchev–Trinajstić information content (AvgIpc) is 2.49. The lowest BCUT2D eigenvalue weighted by Crippen LogP contribution is -2.01. The normalized spacial score (nSPS) is 10.5. The fourth-order valence-electron chi connectivity index (χ4n) is 2.04. The number of carboxylic acids is 1. The Balaban J connectivity index is 2.09. The number of hydrogen-bond acceptors (Lipinski definition) is 3. The van der Waals surface area contributed by atoms with Crippen molar-refractivity contribution in [3.05, 3.63) is 66.1 Å². The number of aromatic nitrogens is 1. The van der Waals surface area contributed by atoms with Gasteiger partial charge in [-0.25, -0.2) is 9.18 Å². The molecule has 0 bridgehead atoms. The summed E-state index contributed by atoms with van der Waals surface area (Å²) in [5.74, 6) is -1.32. The van der Waals surface area contributed by atoms with Gasteiger partial charge in [0.1, 0.15) is 22.9 Å². The zero-order chi connectivity index (χ0) is 14.8. The van der Waals surface area contributed by atoms with Crippen LogP contribution in [0, 0.1) is 5.82 Å². The van der Waals surface area contributed by atoms with Crippen molar-refractivity contribution in [2.24, 2.45) is 0 Å². The monoisotopic (exact) mass is 283 g/mol. The Labute approximate surface area is 119 Å². The summed E-state index contributed by atoms with van der Waals surface area (Å²) in [4.78, 5) is 15.4. The molecule has 0 saturated carbocycles. The van der Waals surface area contributed by atoms with E-state index >= 15 is 0 Å². The molecule has 5 heteroatoms. The molecule has 1 heterocycles. The van der Waals surface area contributed by atoms with E-state index in [4.69, 9.17) is 9.84 Å². The summed E-state index contributed by atoms with van der Waals surface area (Å²) >= 11 is 0. The van der Waals surface area contributed by atoms with Gasteiger partial charge in [0, 0.05) is 11.6 Å². The summed E-state index contributed by atoms with van der Waals surface area (Å²) < 4.78 is 18.8. The van der Waals surface area contributed by atoms with E-state index < -0.39 is 11.8 Å². The van der Waals surface area contributed by atoms with E-state index in [1.165, 1.54) is 6.07 Å². The van der Waals surface area contributed by atoms with Crippen LogP contribution < -0.4 is 4.74 Å². The van der Waals surface area contributed by atoms with Crippen LogP contribution in [0.1, 0.15) is 10.4 Å². The zero-order valence-corrected chi connectivity index (χ0v) is 10.8. The van der Waals surface area contributed by atoms with Crippen molar-refractivity contribution < 1.29 is 19.0 Å². The third-order valence-electron chi connectivity index (χ3n) is 3.00. The first kappa shape index (κ1) is 13.1. The summed E-state index contributed by atoms with van der Waals surface area (Å²) in [7, 11) is 0. The Kier molecular flexibility index (Phi) is 3.23. The molecule has 0 aliphatic carbocycles. The zero-order valence-electron chi connectivity index (χ0n) is 10.8. The number of hydrogen-bond donors (Lipinski definition) is 1. The van der Waals surface area contributed by atoms with Gasteiger partial charge in [-0.1, -0.05) is 6.07 Å². The molecule has 1 aromatic heterocycles. The van der Waals surface area contributed by atoms with Gasteiger partial charge in [0.25, 0.3) is 0 Å². The van der Waals surface area contributed by atoms with Crippen LogP contribution in [0.5, 0.6) is 11.5 Å². The van der Waals surface area contributed by atoms with Crippen molar-refractivity contribution >= 4 is 16.9 Å². The van der Waals surface area contributed by atoms with E-state index in [9.17, 15) is 9.18 Å². The van der Waals surface area contributed by atoms with Crippen molar-refractivity contribution in [3.63, 3.8) is 0 Å². The van der Waals surface area contributed by atoms with E-state index in [2.05, 4.69) is 4.98 Å². The predicted octanol–water partition coefficient (Wildman–Crippen LogP) is 3.86. The fraction of sp³-hybridized carbons (Fsp3) is 0. The standard InChI is InChI=1S/C16H10FNO3/c17-10-6-7-15(12(9-10)16(19)20)21-14-5-1-4-13-11(14)3-2-8-18-13/h1-9H,(H,19,20). The maximum absolute atomic E-state index is 13.2. The van der Waals surface area contributed by atoms with Crippen LogP contribution in [0.25, 0.3) is 10.9 Å². The van der Waals surface area contributed by atoms with Gasteiger partial charge < -0.3 is 9.84 Å². The Hall–Kier alpha value is -2.95. The first-order valence-electron chi connectivity index (χ1n) is 6.19. The molecule has 0 radical (unpaired) electrons. The maximum atomic E-state index is 13.2. The Morgan fingerprint density at radius 1 is 1.10 bits per heavy atom. The second kappa shape index (κ2) is 5.20. The second-order valence-electron chi connectivity index (χ2n) is 4.37. The van der Waals surface area contributed by atoms with E-state index in [1.54, 1.807) is 24.4 Å². The molecule has 0 saturated heterocycles. The lowest BCUT2D eigenvalue weighted by Gasteiger charge is -2.10. The first-order valence-corrected chi connectivity index (χ1v) is 6.19. The molecule has 0 aliphatic heterocycles. The second-order valence-corrected chi connectivity index (χ2v) is 4.37. The highest BCUT2D eigenvalue weighted by Gasteiger charge is 2.14. The summed E-state index contributed by atoms with van der Waals surface area (Å²) in [6, 6.07) is 12.3. The number of carboxylic acid groups (broad SMARTS) is 1. The number of pyridine rings is 1. The first-order chi connectivity index (χ1) is 10.1. The number of fused-ring (bicyclic) bond motifs is 1. The molecule has 1 N–H and O–H groups in total. The number of halogens is 1. The molecule has 0 atom stereocenters. The van der Waals surface area contributed by atoms with Gasteiger partial charge in [-0.3, -0.25) is 4.98 Å². The molecule has 0 fully saturated rings. The Morgan fingerprint density at radius 2 is 1.95 bits per heavy atom. The Bertz CT molecular complexity index is 827. The van der Waals surface area contributed by atoms with Crippen molar-refractivity contribution in [2.45, 2.75) is 0 Å². The van der Waals surface area contributed by atoms with E-state index in [-0.39, 0.29) is 11.3 Å². The molecule has 2 aromatic carbocycles. The van der Waals surface area contributed by atoms with Gasteiger partial charge >= 0.3 is 5.97 Å². The van der Waals surface area contributed by atoms with Crippen LogP contribution in [0.3, 0.4) is 0 Å². The van der Waals surface area contributed by atoms with Gasteiger partial charge in [-0.2, -0.15) is 0 Å². The molecule has 0 spiro atoms. The van der Waals surface area contributed by atoms with Gasteiger partial charge in [-0.15, -0.1) is 0 Å². The smallest absolute Gasteiger partial charge is 0.339 e. The molecule has 21 heavy (non-hydrogen) atoms. The minimum atomic E-state index is -1.25. The van der Waals surface area contributed by atoms with Crippen molar-refractivity contribution in [2.75, 3.05) is 0 Å². The van der Waals surface area contributed by atoms with Gasteiger partial charge in [0.15, 0.2) is 0 Å². The lowest BCUT2D eigenvalue weighted by molar-refractivity contribution is 0.0693. The van der Waals surface area contributed by atoms with Crippen LogP contribution in [-0.4, -0.2) is 16.1 Å². The quantitative estimate of drug-likeness (QED) is 0.792. The van der Waals surface area contributed by atoms with Crippen LogP contribution >= 0.6 is 0 Å². The van der Waals surface area contributed by atoms with Crippen molar-refractivity contribution in [1.82, 2.24) is 4.98 Å². The maximum Gasteiger partial charge on any atom is 0.339 e. The van der Waals surface area contributed by atoms with Crippen LogP contribution in [-0.2, 0) is 0 Å². The topological polar surface area (TPSA) is 59.4 Å². The van der Waals surface area contributed by atoms with E-state index in [1.807, 2.05) is 12.1 Å². The molecule has 0 aliphatic rings. The molecule has 104 valence electrons. The third-order valence-corrected chi connectivity index (χ3v) is 3.00. The molecule has 0 unspecified atom stereocenters. The number of rotatable bonds is 3. The van der Waals surface area contributed by atoms with Gasteiger partial charge in [-0.05, 0) is 42.5 Å². The molecular weight excluding hydrogens is 273 g/mol. The summed E-state index contributed by atoms with van der Waals surface area (Å²) in [6.07, 6.45) is 1.66. The highest BCUT2D eigenvalue weighted by molar-refractivity contribution is 5.91. The minimum absolute atomic E-state index is 0.0836. The molecule has 3 aromatic rings. The van der Waals surface area contributed by atoms with Crippen molar-refractivity contribution in [1.29, 1.82) is 0 Å². The van der Waals surface area contributed by atoms with Crippen LogP contribution in [0.15, 0.2) is 54.7 Å². The summed E-state index contributed by atoms with van der Waals surface area (Å²) in [5, 5.41) is 9.87. The number of aromatic carboxylic acids is 1. The van der Waals surface area contributed by atoms with Crippen LogP contribution in [0.2, 0.25) is 0 Å². The number of ether oxygens (including phenoxy) is 1. The molecule has 0 amide bonds. The number of nitrogens with zero attached hydrogens (tertiary/aromatic N) is 1. The minimum Gasteiger partial charge on any atom is -0.478 e. The fourth-order valence-corrected chi connectivity index (χ4v) is 2.04. The molecule has 3 rings (SSSR count). The van der Waals surface area contributed by atoms with Crippen LogP contribution in [0.4, 0.5) is 4.39 Å². The lowest BCUT2D eigenvalue weighted by atomic mass is 10.2. The number of benzene rings is 2. The average molecular weight is 283 g/mol. The SMILES string of the molecule is O=C(O)c1cc(F)ccc1Oc1cccc2ncccc12. The number of carbonyl (C=O) groups is 1. The largest absolute Gasteiger partial charge is 0.478 e. The van der Waals surface area contributed by atoms with E-state index in [0.29, 0.717) is 5.75 Å². The van der Waals surface area contributed by atoms with Crippen molar-refractivity contribution in [3.8, 4) is 11.5 Å². The Morgan fingerprint density at radius 3 is 2.76 bits per heavy atom. The van der Waals surface area contributed by atoms with Gasteiger partial charge in [0.05, 0.1) is 5.52 Å². The molecule has 4 nitrogen and oxygen atoms in total. The summed E-state index contributed by atoms with van der Waals surface area (Å²) in [6.45, 7) is 0. The predicted molar refractivity (Wildman–Crippen MR) is 75.2 cm³/mol. The highest BCUT2D eigenvalue weighted by atomic mass is 19.1. The van der Waals surface area contributed by atoms with E-state index in [0.717, 1.165) is 23.0 Å².